The van der Waals surface area contributed by atoms with Gasteiger partial charge in [0.2, 0.25) is 0 Å². The fourth-order valence-electron chi connectivity index (χ4n) is 6.04. The molecule has 1 aromatic carbocycles. The standard InChI is InChI=1S/C17H21NO2/c19-16-11-6-12-14-10(11)7-13(17(14)20)18(15(12)16)8-9-4-2-1-3-5-9/h1-5,10-17,19-20H,6-8H2. The van der Waals surface area contributed by atoms with Gasteiger partial charge in [-0.2, -0.15) is 0 Å². The van der Waals surface area contributed by atoms with Crippen molar-refractivity contribution in [1.29, 1.82) is 0 Å². The third-order valence-electron chi connectivity index (χ3n) is 6.63. The maximum absolute atomic E-state index is 10.6. The molecule has 3 saturated carbocycles. The highest BCUT2D eigenvalue weighted by Gasteiger charge is 2.69. The van der Waals surface area contributed by atoms with Gasteiger partial charge in [-0.1, -0.05) is 30.3 Å². The predicted molar refractivity (Wildman–Crippen MR) is 74.8 cm³/mol. The first kappa shape index (κ1) is 11.7. The second kappa shape index (κ2) is 3.85. The number of aliphatic hydroxyl groups is 2. The minimum atomic E-state index is -0.164. The molecule has 0 spiro atoms. The molecular formula is C17H21NO2. The van der Waals surface area contributed by atoms with Crippen molar-refractivity contribution >= 4 is 0 Å². The molecule has 4 fully saturated rings. The monoisotopic (exact) mass is 271 g/mol. The molecule has 8 atom stereocenters. The average Bonchev–Trinajstić information content (AvgIpc) is 3.03. The molecule has 20 heavy (non-hydrogen) atoms. The van der Waals surface area contributed by atoms with Crippen LogP contribution in [-0.2, 0) is 6.54 Å². The quantitative estimate of drug-likeness (QED) is 0.851. The van der Waals surface area contributed by atoms with Crippen molar-refractivity contribution < 1.29 is 10.2 Å². The second-order valence-corrected chi connectivity index (χ2v) is 7.24. The van der Waals surface area contributed by atoms with Gasteiger partial charge in [0.1, 0.15) is 0 Å². The van der Waals surface area contributed by atoms with Crippen molar-refractivity contribution in [3.05, 3.63) is 35.9 Å². The highest BCUT2D eigenvalue weighted by molar-refractivity contribution is 5.23. The summed E-state index contributed by atoms with van der Waals surface area (Å²) in [5.74, 6) is 2.03. The highest BCUT2D eigenvalue weighted by atomic mass is 16.3. The van der Waals surface area contributed by atoms with Crippen LogP contribution in [0.1, 0.15) is 18.4 Å². The Hall–Kier alpha value is -0.900. The van der Waals surface area contributed by atoms with Gasteiger partial charge in [-0.3, -0.25) is 4.90 Å². The molecule has 3 heteroatoms. The number of fused-ring (bicyclic) bond motifs is 3. The average molecular weight is 271 g/mol. The Morgan fingerprint density at radius 2 is 1.75 bits per heavy atom. The molecule has 106 valence electrons. The van der Waals surface area contributed by atoms with E-state index in [0.717, 1.165) is 19.4 Å². The molecule has 0 radical (unpaired) electrons. The molecular weight excluding hydrogens is 250 g/mol. The minimum Gasteiger partial charge on any atom is -0.391 e. The first-order chi connectivity index (χ1) is 9.75. The van der Waals surface area contributed by atoms with E-state index >= 15 is 0 Å². The summed E-state index contributed by atoms with van der Waals surface area (Å²) < 4.78 is 0. The lowest BCUT2D eigenvalue weighted by Gasteiger charge is -2.48. The summed E-state index contributed by atoms with van der Waals surface area (Å²) in [6.45, 7) is 0.868. The van der Waals surface area contributed by atoms with Crippen LogP contribution in [0.2, 0.25) is 0 Å². The summed E-state index contributed by atoms with van der Waals surface area (Å²) in [5.41, 5.74) is 1.29. The highest BCUT2D eigenvalue weighted by Crippen LogP contribution is 2.64. The third kappa shape index (κ3) is 1.27. The zero-order chi connectivity index (χ0) is 13.4. The zero-order valence-electron chi connectivity index (χ0n) is 11.5. The van der Waals surface area contributed by atoms with E-state index in [2.05, 4.69) is 29.2 Å². The summed E-state index contributed by atoms with van der Waals surface area (Å²) in [4.78, 5) is 2.43. The van der Waals surface area contributed by atoms with Crippen molar-refractivity contribution in [2.24, 2.45) is 23.7 Å². The molecule has 0 amide bonds. The van der Waals surface area contributed by atoms with Gasteiger partial charge < -0.3 is 10.2 Å². The Bertz CT molecular complexity index is 533. The SMILES string of the molecule is OC1C2C3CC1N(Cc1ccccc1)C1C(O)C3CC21. The Kier molecular flexibility index (Phi) is 2.25. The smallest absolute Gasteiger partial charge is 0.0729 e. The van der Waals surface area contributed by atoms with Crippen molar-refractivity contribution in [1.82, 2.24) is 4.90 Å². The predicted octanol–water partition coefficient (Wildman–Crippen LogP) is 1.25. The van der Waals surface area contributed by atoms with E-state index in [1.807, 2.05) is 6.07 Å². The van der Waals surface area contributed by atoms with E-state index in [0.29, 0.717) is 23.7 Å². The molecule has 1 aliphatic heterocycles. The van der Waals surface area contributed by atoms with Gasteiger partial charge in [0, 0.05) is 18.6 Å². The summed E-state index contributed by atoms with van der Waals surface area (Å²) in [5, 5.41) is 21.3. The Balaban J connectivity index is 1.53. The van der Waals surface area contributed by atoms with Crippen molar-refractivity contribution in [2.45, 2.75) is 43.7 Å². The molecule has 1 heterocycles. The lowest BCUT2D eigenvalue weighted by atomic mass is 9.75. The molecule has 2 N–H and O–H groups in total. The number of nitrogens with zero attached hydrogens (tertiary/aromatic N) is 1. The number of aliphatic hydroxyl groups excluding tert-OH is 2. The Morgan fingerprint density at radius 3 is 2.55 bits per heavy atom. The topological polar surface area (TPSA) is 43.7 Å². The largest absolute Gasteiger partial charge is 0.391 e. The van der Waals surface area contributed by atoms with Gasteiger partial charge in [-0.15, -0.1) is 0 Å². The van der Waals surface area contributed by atoms with Crippen LogP contribution in [0.5, 0.6) is 0 Å². The van der Waals surface area contributed by atoms with Gasteiger partial charge in [0.25, 0.3) is 0 Å². The van der Waals surface area contributed by atoms with Crippen molar-refractivity contribution in [3.8, 4) is 0 Å². The molecule has 4 aliphatic rings. The van der Waals surface area contributed by atoms with Crippen LogP contribution in [0.3, 0.4) is 0 Å². The zero-order valence-corrected chi connectivity index (χ0v) is 11.5. The van der Waals surface area contributed by atoms with Gasteiger partial charge in [-0.05, 0) is 42.1 Å². The van der Waals surface area contributed by atoms with Gasteiger partial charge in [0.05, 0.1) is 12.2 Å². The third-order valence-corrected chi connectivity index (χ3v) is 6.63. The second-order valence-electron chi connectivity index (χ2n) is 7.24. The molecule has 3 aliphatic carbocycles. The lowest BCUT2D eigenvalue weighted by Crippen LogP contribution is -2.60. The minimum absolute atomic E-state index is 0.164. The number of likely N-dealkylation sites (tertiary alicyclic amines) is 1. The van der Waals surface area contributed by atoms with Gasteiger partial charge >= 0.3 is 0 Å². The normalized spacial score (nSPS) is 52.1. The number of benzene rings is 1. The molecule has 1 saturated heterocycles. The first-order valence-electron chi connectivity index (χ1n) is 7.91. The van der Waals surface area contributed by atoms with E-state index in [1.54, 1.807) is 0 Å². The van der Waals surface area contributed by atoms with Crippen LogP contribution < -0.4 is 0 Å². The van der Waals surface area contributed by atoms with E-state index < -0.39 is 0 Å². The first-order valence-corrected chi connectivity index (χ1v) is 7.91. The van der Waals surface area contributed by atoms with Crippen LogP contribution in [-0.4, -0.2) is 39.4 Å². The summed E-state index contributed by atoms with van der Waals surface area (Å²) >= 11 is 0. The van der Waals surface area contributed by atoms with Crippen LogP contribution in [0, 0.1) is 23.7 Å². The summed E-state index contributed by atoms with van der Waals surface area (Å²) in [7, 11) is 0. The lowest BCUT2D eigenvalue weighted by molar-refractivity contribution is -0.102. The van der Waals surface area contributed by atoms with E-state index in [4.69, 9.17) is 0 Å². The number of hydrogen-bond donors (Lipinski definition) is 2. The number of piperidine rings is 1. The summed E-state index contributed by atoms with van der Waals surface area (Å²) in [6.07, 6.45) is 1.90. The number of rotatable bonds is 2. The van der Waals surface area contributed by atoms with Crippen LogP contribution in [0.4, 0.5) is 0 Å². The molecule has 3 nitrogen and oxygen atoms in total. The Labute approximate surface area is 119 Å². The van der Waals surface area contributed by atoms with E-state index in [9.17, 15) is 10.2 Å². The van der Waals surface area contributed by atoms with Crippen LogP contribution >= 0.6 is 0 Å². The molecule has 4 bridgehead atoms. The van der Waals surface area contributed by atoms with Gasteiger partial charge in [0.15, 0.2) is 0 Å². The Morgan fingerprint density at radius 1 is 0.950 bits per heavy atom. The van der Waals surface area contributed by atoms with Crippen molar-refractivity contribution in [2.75, 3.05) is 0 Å². The van der Waals surface area contributed by atoms with Crippen molar-refractivity contribution in [3.63, 3.8) is 0 Å². The molecule has 1 aromatic rings. The maximum Gasteiger partial charge on any atom is 0.0729 e. The maximum atomic E-state index is 10.6. The summed E-state index contributed by atoms with van der Waals surface area (Å²) in [6, 6.07) is 11.0. The molecule has 0 aromatic heterocycles. The number of hydrogen-bond acceptors (Lipinski definition) is 3. The fourth-order valence-corrected chi connectivity index (χ4v) is 6.04. The fraction of sp³-hybridized carbons (Fsp3) is 0.647. The van der Waals surface area contributed by atoms with Gasteiger partial charge in [-0.25, -0.2) is 0 Å². The van der Waals surface area contributed by atoms with E-state index in [-0.39, 0.29) is 24.3 Å². The van der Waals surface area contributed by atoms with E-state index in [1.165, 1.54) is 5.56 Å². The molecule has 8 unspecified atom stereocenters. The van der Waals surface area contributed by atoms with Crippen LogP contribution in [0.15, 0.2) is 30.3 Å². The van der Waals surface area contributed by atoms with Crippen LogP contribution in [0.25, 0.3) is 0 Å². The molecule has 5 rings (SSSR count).